The first-order chi connectivity index (χ1) is 12.8. The number of carbonyl (C=O) groups is 1. The molecule has 0 bridgehead atoms. The molecule has 1 amide bonds. The highest BCUT2D eigenvalue weighted by molar-refractivity contribution is 7.88. The van der Waals surface area contributed by atoms with Crippen LogP contribution >= 0.6 is 23.2 Å². The van der Waals surface area contributed by atoms with Gasteiger partial charge in [0.15, 0.2) is 0 Å². The molecule has 0 spiro atoms. The van der Waals surface area contributed by atoms with Gasteiger partial charge in [0.05, 0.1) is 5.75 Å². The van der Waals surface area contributed by atoms with Crippen LogP contribution in [0.2, 0.25) is 10.0 Å². The van der Waals surface area contributed by atoms with Crippen molar-refractivity contribution in [3.8, 4) is 0 Å². The molecule has 27 heavy (non-hydrogen) atoms. The summed E-state index contributed by atoms with van der Waals surface area (Å²) < 4.78 is 26.8. The number of amides is 1. The number of hydrogen-bond acceptors (Lipinski definition) is 3. The first-order valence-corrected chi connectivity index (χ1v) is 11.0. The van der Waals surface area contributed by atoms with E-state index in [0.717, 1.165) is 0 Å². The third-order valence-electron chi connectivity index (χ3n) is 4.63. The van der Waals surface area contributed by atoms with Gasteiger partial charge in [0.25, 0.3) is 0 Å². The Balaban J connectivity index is 1.57. The summed E-state index contributed by atoms with van der Waals surface area (Å²) in [6.45, 7) is 0.650. The van der Waals surface area contributed by atoms with E-state index < -0.39 is 10.0 Å². The summed E-state index contributed by atoms with van der Waals surface area (Å²) in [5.41, 5.74) is 1.26. The Bertz CT molecular complexity index is 909. The fraction of sp³-hybridized carbons (Fsp3) is 0.316. The summed E-state index contributed by atoms with van der Waals surface area (Å²) in [7, 11) is -3.47. The third-order valence-corrected chi connectivity index (χ3v) is 7.07. The number of sulfonamides is 1. The van der Waals surface area contributed by atoms with Gasteiger partial charge in [-0.1, -0.05) is 41.4 Å². The van der Waals surface area contributed by atoms with E-state index in [4.69, 9.17) is 23.2 Å². The van der Waals surface area contributed by atoms with Crippen molar-refractivity contribution in [1.29, 1.82) is 0 Å². The topological polar surface area (TPSA) is 66.5 Å². The summed E-state index contributed by atoms with van der Waals surface area (Å²) in [5.74, 6) is -0.443. The van der Waals surface area contributed by atoms with E-state index in [0.29, 0.717) is 47.2 Å². The summed E-state index contributed by atoms with van der Waals surface area (Å²) in [4.78, 5) is 12.4. The normalized spacial score (nSPS) is 16.2. The molecule has 8 heteroatoms. The van der Waals surface area contributed by atoms with Gasteiger partial charge in [-0.15, -0.1) is 0 Å². The van der Waals surface area contributed by atoms with Crippen molar-refractivity contribution in [2.24, 2.45) is 5.92 Å². The lowest BCUT2D eigenvalue weighted by Crippen LogP contribution is -2.41. The first-order valence-electron chi connectivity index (χ1n) is 8.63. The molecule has 5 nitrogen and oxygen atoms in total. The number of benzene rings is 2. The van der Waals surface area contributed by atoms with Crippen LogP contribution < -0.4 is 5.32 Å². The van der Waals surface area contributed by atoms with Crippen molar-refractivity contribution in [3.05, 3.63) is 64.1 Å². The van der Waals surface area contributed by atoms with Gasteiger partial charge in [0.2, 0.25) is 15.9 Å². The lowest BCUT2D eigenvalue weighted by molar-refractivity contribution is -0.120. The van der Waals surface area contributed by atoms with E-state index in [9.17, 15) is 13.2 Å². The molecule has 2 aromatic rings. The molecule has 0 aromatic heterocycles. The van der Waals surface area contributed by atoms with Crippen molar-refractivity contribution in [1.82, 2.24) is 4.31 Å². The molecule has 1 aliphatic heterocycles. The van der Waals surface area contributed by atoms with Crippen LogP contribution in [0, 0.1) is 5.92 Å². The molecule has 1 N–H and O–H groups in total. The number of rotatable bonds is 5. The fourth-order valence-corrected chi connectivity index (χ4v) is 5.08. The minimum Gasteiger partial charge on any atom is -0.326 e. The van der Waals surface area contributed by atoms with Crippen molar-refractivity contribution < 1.29 is 13.2 Å². The Labute approximate surface area is 169 Å². The Morgan fingerprint density at radius 2 is 1.67 bits per heavy atom. The highest BCUT2D eigenvalue weighted by atomic mass is 35.5. The fourth-order valence-electron chi connectivity index (χ4n) is 3.08. The molecular weight excluding hydrogens is 407 g/mol. The second-order valence-electron chi connectivity index (χ2n) is 6.52. The molecule has 3 rings (SSSR count). The van der Waals surface area contributed by atoms with Crippen LogP contribution in [0.5, 0.6) is 0 Å². The molecule has 1 fully saturated rings. The van der Waals surface area contributed by atoms with Gasteiger partial charge in [-0.3, -0.25) is 4.79 Å². The number of hydrogen-bond donors (Lipinski definition) is 1. The average Bonchev–Trinajstić information content (AvgIpc) is 2.65. The molecule has 0 radical (unpaired) electrons. The molecule has 0 atom stereocenters. The zero-order valence-corrected chi connectivity index (χ0v) is 16.9. The van der Waals surface area contributed by atoms with E-state index in [1.807, 2.05) is 0 Å². The molecule has 144 valence electrons. The van der Waals surface area contributed by atoms with E-state index >= 15 is 0 Å². The standard InChI is InChI=1S/C19H20Cl2N2O3S/c20-16-5-7-17(8-6-16)22-19(24)14-9-11-23(12-10-14)27(25,26)13-15-3-1-2-4-18(15)21/h1-8,14H,9-13H2,(H,22,24). The van der Waals surface area contributed by atoms with Gasteiger partial charge in [-0.25, -0.2) is 12.7 Å². The first kappa shape index (κ1) is 20.1. The van der Waals surface area contributed by atoms with Crippen molar-refractivity contribution >= 4 is 44.8 Å². The smallest absolute Gasteiger partial charge is 0.227 e. The van der Waals surface area contributed by atoms with Gasteiger partial charge in [-0.2, -0.15) is 0 Å². The van der Waals surface area contributed by atoms with Crippen LogP contribution in [-0.4, -0.2) is 31.7 Å². The SMILES string of the molecule is O=C(Nc1ccc(Cl)cc1)C1CCN(S(=O)(=O)Cc2ccccc2Cl)CC1. The number of nitrogens with one attached hydrogen (secondary N) is 1. The number of anilines is 1. The minimum atomic E-state index is -3.47. The van der Waals surface area contributed by atoms with Crippen LogP contribution in [0.15, 0.2) is 48.5 Å². The van der Waals surface area contributed by atoms with E-state index in [1.165, 1.54) is 4.31 Å². The Hall–Kier alpha value is -1.60. The zero-order valence-electron chi connectivity index (χ0n) is 14.6. The third kappa shape index (κ3) is 5.23. The quantitative estimate of drug-likeness (QED) is 0.779. The van der Waals surface area contributed by atoms with Gasteiger partial charge in [0.1, 0.15) is 0 Å². The molecule has 2 aromatic carbocycles. The predicted octanol–water partition coefficient (Wildman–Crippen LogP) is 4.17. The molecule has 0 aliphatic carbocycles. The number of halogens is 2. The molecule has 0 saturated carbocycles. The Kier molecular flexibility index (Phi) is 6.42. The molecule has 1 aliphatic rings. The van der Waals surface area contributed by atoms with Gasteiger partial charge in [0, 0.05) is 34.7 Å². The molecule has 1 heterocycles. The second-order valence-corrected chi connectivity index (χ2v) is 9.33. The minimum absolute atomic E-state index is 0.0968. The van der Waals surface area contributed by atoms with Crippen molar-refractivity contribution in [2.45, 2.75) is 18.6 Å². The lowest BCUT2D eigenvalue weighted by Gasteiger charge is -2.30. The molecular formula is C19H20Cl2N2O3S. The highest BCUT2D eigenvalue weighted by Gasteiger charge is 2.31. The average molecular weight is 427 g/mol. The van der Waals surface area contributed by atoms with Crippen molar-refractivity contribution in [3.63, 3.8) is 0 Å². The van der Waals surface area contributed by atoms with Crippen LogP contribution in [0.25, 0.3) is 0 Å². The van der Waals surface area contributed by atoms with Gasteiger partial charge < -0.3 is 5.32 Å². The van der Waals surface area contributed by atoms with E-state index in [2.05, 4.69) is 5.32 Å². The largest absolute Gasteiger partial charge is 0.326 e. The van der Waals surface area contributed by atoms with Gasteiger partial charge in [-0.05, 0) is 48.7 Å². The van der Waals surface area contributed by atoms with E-state index in [-0.39, 0.29) is 17.6 Å². The molecule has 1 saturated heterocycles. The number of carbonyl (C=O) groups excluding carboxylic acids is 1. The lowest BCUT2D eigenvalue weighted by atomic mass is 9.97. The maximum Gasteiger partial charge on any atom is 0.227 e. The Morgan fingerprint density at radius 3 is 2.30 bits per heavy atom. The highest BCUT2D eigenvalue weighted by Crippen LogP contribution is 2.25. The second kappa shape index (κ2) is 8.61. The van der Waals surface area contributed by atoms with Crippen molar-refractivity contribution in [2.75, 3.05) is 18.4 Å². The van der Waals surface area contributed by atoms with Crippen LogP contribution in [0.3, 0.4) is 0 Å². The summed E-state index contributed by atoms with van der Waals surface area (Å²) in [5, 5.41) is 3.90. The number of piperidine rings is 1. The summed E-state index contributed by atoms with van der Waals surface area (Å²) in [6, 6.07) is 13.8. The van der Waals surface area contributed by atoms with Crippen LogP contribution in [-0.2, 0) is 20.6 Å². The monoisotopic (exact) mass is 426 g/mol. The van der Waals surface area contributed by atoms with E-state index in [1.54, 1.807) is 48.5 Å². The Morgan fingerprint density at radius 1 is 1.04 bits per heavy atom. The zero-order chi connectivity index (χ0) is 19.4. The summed E-state index contributed by atoms with van der Waals surface area (Å²) in [6.07, 6.45) is 0.975. The summed E-state index contributed by atoms with van der Waals surface area (Å²) >= 11 is 11.9. The van der Waals surface area contributed by atoms with Crippen LogP contribution in [0.4, 0.5) is 5.69 Å². The number of nitrogens with zero attached hydrogens (tertiary/aromatic N) is 1. The molecule has 0 unspecified atom stereocenters. The van der Waals surface area contributed by atoms with Crippen LogP contribution in [0.1, 0.15) is 18.4 Å². The maximum absolute atomic E-state index is 12.7. The van der Waals surface area contributed by atoms with Gasteiger partial charge >= 0.3 is 0 Å². The predicted molar refractivity (Wildman–Crippen MR) is 108 cm³/mol. The maximum atomic E-state index is 12.7.